The van der Waals surface area contributed by atoms with Gasteiger partial charge < -0.3 is 29.0 Å². The van der Waals surface area contributed by atoms with Crippen LogP contribution >= 0.6 is 0 Å². The van der Waals surface area contributed by atoms with Gasteiger partial charge in [-0.3, -0.25) is 9.59 Å². The van der Waals surface area contributed by atoms with E-state index in [1.54, 1.807) is 42.5 Å². The molecule has 0 saturated carbocycles. The number of hydrogen-bond acceptors (Lipinski definition) is 7. The van der Waals surface area contributed by atoms with Crippen LogP contribution in [0.1, 0.15) is 36.9 Å². The summed E-state index contributed by atoms with van der Waals surface area (Å²) in [6, 6.07) is 11.3. The average molecular weight is 470 g/mol. The smallest absolute Gasteiger partial charge is 0.295 e. The van der Waals surface area contributed by atoms with Crippen molar-refractivity contribution in [1.82, 2.24) is 4.90 Å². The van der Waals surface area contributed by atoms with E-state index in [0.29, 0.717) is 29.4 Å². The molecule has 1 saturated heterocycles. The van der Waals surface area contributed by atoms with E-state index in [0.717, 1.165) is 12.8 Å². The number of aliphatic hydroxyl groups excluding tert-OH is 1. The van der Waals surface area contributed by atoms with Gasteiger partial charge in [-0.1, -0.05) is 25.5 Å². The van der Waals surface area contributed by atoms with Gasteiger partial charge in [0.25, 0.3) is 11.7 Å². The van der Waals surface area contributed by atoms with Gasteiger partial charge in [-0.05, 0) is 42.3 Å². The van der Waals surface area contributed by atoms with Gasteiger partial charge in [0.2, 0.25) is 0 Å². The lowest BCUT2D eigenvalue weighted by atomic mass is 9.95. The highest BCUT2D eigenvalue weighted by atomic mass is 16.5. The van der Waals surface area contributed by atoms with Crippen molar-refractivity contribution < 1.29 is 33.6 Å². The molecule has 34 heavy (non-hydrogen) atoms. The molecule has 1 amide bonds. The number of nitrogens with zero attached hydrogens (tertiary/aromatic N) is 1. The number of methoxy groups -OCH3 is 3. The third-order valence-electron chi connectivity index (χ3n) is 5.70. The number of ketones is 1. The van der Waals surface area contributed by atoms with Gasteiger partial charge in [-0.2, -0.15) is 0 Å². The zero-order chi connectivity index (χ0) is 24.7. The van der Waals surface area contributed by atoms with Crippen LogP contribution in [0.5, 0.6) is 17.2 Å². The van der Waals surface area contributed by atoms with Crippen molar-refractivity contribution in [3.63, 3.8) is 0 Å². The minimum atomic E-state index is -0.796. The molecular formula is C26H31NO7. The Labute approximate surface area is 199 Å². The molecule has 1 atom stereocenters. The lowest BCUT2D eigenvalue weighted by Gasteiger charge is -2.25. The Hall–Kier alpha value is -3.52. The summed E-state index contributed by atoms with van der Waals surface area (Å²) in [6.07, 6.45) is 1.97. The van der Waals surface area contributed by atoms with Crippen LogP contribution in [0, 0.1) is 0 Å². The number of amides is 1. The standard InChI is InChI=1S/C26H31NO7/c1-5-6-14-34-18-9-7-17(8-10-18)23-22(25(29)26(30)27(23)13-15-31-2)24(28)20-16-19(32-3)11-12-21(20)33-4/h7-12,16,23,28H,5-6,13-15H2,1-4H3/b24-22+. The van der Waals surface area contributed by atoms with Crippen molar-refractivity contribution in [3.05, 3.63) is 59.2 Å². The van der Waals surface area contributed by atoms with E-state index in [4.69, 9.17) is 18.9 Å². The molecule has 1 aliphatic rings. The zero-order valence-corrected chi connectivity index (χ0v) is 20.0. The number of rotatable bonds is 11. The number of aliphatic hydroxyl groups is 1. The second-order valence-electron chi connectivity index (χ2n) is 7.82. The summed E-state index contributed by atoms with van der Waals surface area (Å²) in [7, 11) is 4.49. The van der Waals surface area contributed by atoms with E-state index in [2.05, 4.69) is 6.92 Å². The first-order valence-corrected chi connectivity index (χ1v) is 11.2. The van der Waals surface area contributed by atoms with Gasteiger partial charge in [-0.25, -0.2) is 0 Å². The summed E-state index contributed by atoms with van der Waals surface area (Å²) in [4.78, 5) is 27.5. The predicted octanol–water partition coefficient (Wildman–Crippen LogP) is 3.95. The Kier molecular flexibility index (Phi) is 8.54. The molecule has 2 aromatic rings. The van der Waals surface area contributed by atoms with Crippen molar-refractivity contribution in [2.24, 2.45) is 0 Å². The van der Waals surface area contributed by atoms with Crippen molar-refractivity contribution in [1.29, 1.82) is 0 Å². The van der Waals surface area contributed by atoms with Gasteiger partial charge in [0.05, 0.1) is 44.6 Å². The first kappa shape index (κ1) is 25.1. The van der Waals surface area contributed by atoms with Crippen molar-refractivity contribution in [3.8, 4) is 17.2 Å². The van der Waals surface area contributed by atoms with E-state index in [9.17, 15) is 14.7 Å². The van der Waals surface area contributed by atoms with Gasteiger partial charge in [-0.15, -0.1) is 0 Å². The second-order valence-corrected chi connectivity index (χ2v) is 7.82. The van der Waals surface area contributed by atoms with Crippen LogP contribution < -0.4 is 14.2 Å². The minimum absolute atomic E-state index is 0.0210. The number of benzene rings is 2. The van der Waals surface area contributed by atoms with E-state index >= 15 is 0 Å². The molecule has 0 radical (unpaired) electrons. The fourth-order valence-corrected chi connectivity index (χ4v) is 3.87. The maximum atomic E-state index is 13.1. The van der Waals surface area contributed by atoms with E-state index in [1.807, 2.05) is 0 Å². The molecule has 1 fully saturated rings. The van der Waals surface area contributed by atoms with Crippen LogP contribution in [0.3, 0.4) is 0 Å². The van der Waals surface area contributed by atoms with E-state index < -0.39 is 17.7 Å². The van der Waals surface area contributed by atoms with Crippen LogP contribution in [0.25, 0.3) is 5.76 Å². The molecule has 3 rings (SSSR count). The Morgan fingerprint density at radius 3 is 2.29 bits per heavy atom. The third kappa shape index (κ3) is 5.17. The first-order valence-electron chi connectivity index (χ1n) is 11.2. The van der Waals surface area contributed by atoms with E-state index in [1.165, 1.54) is 26.2 Å². The lowest BCUT2D eigenvalue weighted by molar-refractivity contribution is -0.140. The number of Topliss-reactive ketones (excluding diaryl/α,β-unsaturated/α-hetero) is 1. The summed E-state index contributed by atoms with van der Waals surface area (Å²) >= 11 is 0. The van der Waals surface area contributed by atoms with Gasteiger partial charge in [0.15, 0.2) is 0 Å². The van der Waals surface area contributed by atoms with Crippen molar-refractivity contribution >= 4 is 17.4 Å². The van der Waals surface area contributed by atoms with Crippen LogP contribution in [-0.2, 0) is 14.3 Å². The molecule has 0 aliphatic carbocycles. The van der Waals surface area contributed by atoms with Crippen LogP contribution in [-0.4, -0.2) is 62.8 Å². The summed E-state index contributed by atoms with van der Waals surface area (Å²) in [5.41, 5.74) is 0.907. The number of likely N-dealkylation sites (tertiary alicyclic amines) is 1. The maximum absolute atomic E-state index is 13.1. The first-order chi connectivity index (χ1) is 16.5. The topological polar surface area (TPSA) is 94.5 Å². The SMILES string of the molecule is CCCCOc1ccc(C2/C(=C(\O)c3cc(OC)ccc3OC)C(=O)C(=O)N2CCOC)cc1. The summed E-state index contributed by atoms with van der Waals surface area (Å²) in [5, 5.41) is 11.3. The molecule has 8 heteroatoms. The highest BCUT2D eigenvalue weighted by Crippen LogP contribution is 2.41. The van der Waals surface area contributed by atoms with Crippen LogP contribution in [0.2, 0.25) is 0 Å². The zero-order valence-electron chi connectivity index (χ0n) is 20.0. The molecule has 1 aliphatic heterocycles. The van der Waals surface area contributed by atoms with Gasteiger partial charge in [0.1, 0.15) is 23.0 Å². The molecule has 0 spiro atoms. The molecule has 182 valence electrons. The maximum Gasteiger partial charge on any atom is 0.295 e. The molecule has 0 aromatic heterocycles. The van der Waals surface area contributed by atoms with Crippen molar-refractivity contribution in [2.45, 2.75) is 25.8 Å². The fourth-order valence-electron chi connectivity index (χ4n) is 3.87. The molecule has 1 unspecified atom stereocenters. The highest BCUT2D eigenvalue weighted by Gasteiger charge is 2.46. The Balaban J connectivity index is 2.10. The van der Waals surface area contributed by atoms with Crippen LogP contribution in [0.15, 0.2) is 48.0 Å². The largest absolute Gasteiger partial charge is 0.507 e. The molecule has 2 aromatic carbocycles. The molecular weight excluding hydrogens is 438 g/mol. The van der Waals surface area contributed by atoms with Gasteiger partial charge >= 0.3 is 0 Å². The number of hydrogen-bond donors (Lipinski definition) is 1. The minimum Gasteiger partial charge on any atom is -0.507 e. The van der Waals surface area contributed by atoms with Gasteiger partial charge in [0, 0.05) is 13.7 Å². The lowest BCUT2D eigenvalue weighted by Crippen LogP contribution is -2.32. The normalized spacial score (nSPS) is 17.2. The Morgan fingerprint density at radius 1 is 0.971 bits per heavy atom. The molecule has 1 N–H and O–H groups in total. The third-order valence-corrected chi connectivity index (χ3v) is 5.70. The second kappa shape index (κ2) is 11.6. The highest BCUT2D eigenvalue weighted by molar-refractivity contribution is 6.46. The Morgan fingerprint density at radius 2 is 1.68 bits per heavy atom. The molecule has 8 nitrogen and oxygen atoms in total. The monoisotopic (exact) mass is 469 g/mol. The number of carbonyl (C=O) groups excluding carboxylic acids is 2. The number of unbranched alkanes of at least 4 members (excludes halogenated alkanes) is 1. The Bertz CT molecular complexity index is 1050. The summed E-state index contributed by atoms with van der Waals surface area (Å²) in [5.74, 6) is -0.288. The van der Waals surface area contributed by atoms with E-state index in [-0.39, 0.29) is 30.0 Å². The summed E-state index contributed by atoms with van der Waals surface area (Å²) < 4.78 is 21.5. The predicted molar refractivity (Wildman–Crippen MR) is 127 cm³/mol. The molecule has 0 bridgehead atoms. The molecule has 1 heterocycles. The number of ether oxygens (including phenoxy) is 4. The van der Waals surface area contributed by atoms with Crippen LogP contribution in [0.4, 0.5) is 0 Å². The average Bonchev–Trinajstić information content (AvgIpc) is 3.12. The quantitative estimate of drug-likeness (QED) is 0.230. The fraction of sp³-hybridized carbons (Fsp3) is 0.385. The van der Waals surface area contributed by atoms with Crippen molar-refractivity contribution in [2.75, 3.05) is 41.1 Å². The number of carbonyl (C=O) groups is 2. The summed E-state index contributed by atoms with van der Waals surface area (Å²) in [6.45, 7) is 3.13.